The van der Waals surface area contributed by atoms with Gasteiger partial charge in [-0.3, -0.25) is 9.78 Å². The molecule has 0 atom stereocenters. The molecule has 0 spiro atoms. The van der Waals surface area contributed by atoms with Crippen LogP contribution in [0.5, 0.6) is 0 Å². The van der Waals surface area contributed by atoms with Crippen LogP contribution in [0.1, 0.15) is 45.1 Å². The van der Waals surface area contributed by atoms with Gasteiger partial charge in [0.1, 0.15) is 5.69 Å². The fourth-order valence-electron chi connectivity index (χ4n) is 3.31. The summed E-state index contributed by atoms with van der Waals surface area (Å²) in [5.74, 6) is 0.718. The van der Waals surface area contributed by atoms with Gasteiger partial charge in [0.25, 0.3) is 5.91 Å². The number of aryl methyl sites for hydroxylation is 2. The van der Waals surface area contributed by atoms with Gasteiger partial charge in [-0.25, -0.2) is 0 Å². The third-order valence-corrected chi connectivity index (χ3v) is 5.96. The van der Waals surface area contributed by atoms with Gasteiger partial charge in [-0.05, 0) is 49.4 Å². The lowest BCUT2D eigenvalue weighted by molar-refractivity contribution is 0.0777. The van der Waals surface area contributed by atoms with Gasteiger partial charge in [0.15, 0.2) is 5.76 Å². The molecule has 0 radical (unpaired) electrons. The molecule has 5 nitrogen and oxygen atoms in total. The Hall–Kier alpha value is -2.47. The summed E-state index contributed by atoms with van der Waals surface area (Å²) in [6.07, 6.45) is 9.39. The van der Waals surface area contributed by atoms with Gasteiger partial charge >= 0.3 is 0 Å². The quantitative estimate of drug-likeness (QED) is 0.644. The van der Waals surface area contributed by atoms with Gasteiger partial charge in [-0.1, -0.05) is 11.6 Å². The molecule has 0 aliphatic heterocycles. The normalized spacial score (nSPS) is 13.9. The summed E-state index contributed by atoms with van der Waals surface area (Å²) in [4.78, 5) is 20.7. The van der Waals surface area contributed by atoms with Crippen molar-refractivity contribution in [2.75, 3.05) is 7.05 Å². The Labute approximate surface area is 156 Å². The monoisotopic (exact) mass is 367 g/mol. The van der Waals surface area contributed by atoms with E-state index in [1.165, 1.54) is 29.7 Å². The molecule has 3 aromatic rings. The zero-order valence-electron chi connectivity index (χ0n) is 14.8. The number of aromatic nitrogens is 2. The number of thiophene rings is 1. The van der Waals surface area contributed by atoms with Crippen molar-refractivity contribution < 1.29 is 9.32 Å². The molecule has 0 saturated heterocycles. The smallest absolute Gasteiger partial charge is 0.264 e. The van der Waals surface area contributed by atoms with E-state index in [0.29, 0.717) is 12.3 Å². The first-order valence-corrected chi connectivity index (χ1v) is 9.75. The predicted molar refractivity (Wildman–Crippen MR) is 101 cm³/mol. The van der Waals surface area contributed by atoms with Crippen LogP contribution in [-0.4, -0.2) is 28.0 Å². The second kappa shape index (κ2) is 7.41. The molecule has 6 heteroatoms. The number of pyridine rings is 1. The lowest BCUT2D eigenvalue weighted by Crippen LogP contribution is -2.25. The van der Waals surface area contributed by atoms with E-state index in [1.54, 1.807) is 28.6 Å². The van der Waals surface area contributed by atoms with Gasteiger partial charge < -0.3 is 9.42 Å². The molecular formula is C20H21N3O2S. The van der Waals surface area contributed by atoms with Gasteiger partial charge in [0.05, 0.1) is 11.4 Å². The van der Waals surface area contributed by atoms with Gasteiger partial charge in [0, 0.05) is 35.9 Å². The highest BCUT2D eigenvalue weighted by atomic mass is 32.1. The van der Waals surface area contributed by atoms with E-state index in [4.69, 9.17) is 4.52 Å². The topological polar surface area (TPSA) is 59.2 Å². The van der Waals surface area contributed by atoms with E-state index in [0.717, 1.165) is 29.0 Å². The van der Waals surface area contributed by atoms with Gasteiger partial charge in [-0.2, -0.15) is 0 Å². The highest BCUT2D eigenvalue weighted by molar-refractivity contribution is 7.14. The van der Waals surface area contributed by atoms with Crippen LogP contribution in [0.25, 0.3) is 11.3 Å². The maximum Gasteiger partial charge on any atom is 0.264 e. The standard InChI is InChI=1S/C20H21N3O2S/c1-23(13-16-12-17(22-25-16)14-7-9-21-10-8-14)20(24)19-11-15-5-3-2-4-6-18(15)26-19/h7-12H,2-6,13H2,1H3. The Morgan fingerprint density at radius 2 is 2.00 bits per heavy atom. The molecule has 4 rings (SSSR count). The van der Waals surface area contributed by atoms with Crippen molar-refractivity contribution in [3.05, 3.63) is 57.7 Å². The van der Waals surface area contributed by atoms with Crippen molar-refractivity contribution in [2.24, 2.45) is 0 Å². The Balaban J connectivity index is 1.46. The molecule has 0 N–H and O–H groups in total. The lowest BCUT2D eigenvalue weighted by Gasteiger charge is -2.13. The zero-order chi connectivity index (χ0) is 17.9. The Bertz CT molecular complexity index is 877. The first-order valence-electron chi connectivity index (χ1n) is 8.94. The number of nitrogens with zero attached hydrogens (tertiary/aromatic N) is 3. The van der Waals surface area contributed by atoms with Gasteiger partial charge in [0.2, 0.25) is 0 Å². The number of carbonyl (C=O) groups is 1. The Kier molecular flexibility index (Phi) is 4.84. The minimum atomic E-state index is 0.0462. The van der Waals surface area contributed by atoms with Crippen LogP contribution in [0.15, 0.2) is 41.2 Å². The molecule has 0 unspecified atom stereocenters. The first kappa shape index (κ1) is 17.0. The molecule has 3 heterocycles. The second-order valence-corrected chi connectivity index (χ2v) is 7.83. The number of hydrogen-bond donors (Lipinski definition) is 0. The van der Waals surface area contributed by atoms with Crippen molar-refractivity contribution >= 4 is 17.2 Å². The van der Waals surface area contributed by atoms with E-state index < -0.39 is 0 Å². The molecule has 1 aliphatic rings. The van der Waals surface area contributed by atoms with Crippen molar-refractivity contribution in [1.29, 1.82) is 0 Å². The third kappa shape index (κ3) is 3.55. The summed E-state index contributed by atoms with van der Waals surface area (Å²) < 4.78 is 5.41. The molecule has 1 aliphatic carbocycles. The number of fused-ring (bicyclic) bond motifs is 1. The zero-order valence-corrected chi connectivity index (χ0v) is 15.6. The van der Waals surface area contributed by atoms with Crippen molar-refractivity contribution in [3.8, 4) is 11.3 Å². The average Bonchev–Trinajstić information content (AvgIpc) is 3.24. The van der Waals surface area contributed by atoms with Crippen LogP contribution in [0, 0.1) is 0 Å². The molecule has 1 amide bonds. The van der Waals surface area contributed by atoms with Crippen LogP contribution < -0.4 is 0 Å². The Morgan fingerprint density at radius 3 is 2.85 bits per heavy atom. The minimum absolute atomic E-state index is 0.0462. The van der Waals surface area contributed by atoms with Crippen molar-refractivity contribution in [3.63, 3.8) is 0 Å². The maximum absolute atomic E-state index is 12.8. The number of rotatable bonds is 4. The number of carbonyl (C=O) groups excluding carboxylic acids is 1. The summed E-state index contributed by atoms with van der Waals surface area (Å²) in [6.45, 7) is 0.402. The first-order chi connectivity index (χ1) is 12.7. The summed E-state index contributed by atoms with van der Waals surface area (Å²) in [5, 5.41) is 4.10. The summed E-state index contributed by atoms with van der Waals surface area (Å²) in [7, 11) is 1.81. The van der Waals surface area contributed by atoms with Crippen LogP contribution >= 0.6 is 11.3 Å². The largest absolute Gasteiger partial charge is 0.359 e. The molecule has 0 saturated carbocycles. The average molecular weight is 367 g/mol. The molecule has 0 bridgehead atoms. The molecule has 3 aromatic heterocycles. The number of amides is 1. The molecule has 26 heavy (non-hydrogen) atoms. The third-order valence-electron chi connectivity index (χ3n) is 4.73. The summed E-state index contributed by atoms with van der Waals surface area (Å²) >= 11 is 1.65. The second-order valence-electron chi connectivity index (χ2n) is 6.70. The van der Waals surface area contributed by atoms with E-state index in [1.807, 2.05) is 25.2 Å². The fourth-order valence-corrected chi connectivity index (χ4v) is 4.56. The summed E-state index contributed by atoms with van der Waals surface area (Å²) in [5.41, 5.74) is 3.07. The van der Waals surface area contributed by atoms with Crippen molar-refractivity contribution in [1.82, 2.24) is 15.0 Å². The minimum Gasteiger partial charge on any atom is -0.359 e. The van der Waals surface area contributed by atoms with Crippen molar-refractivity contribution in [2.45, 2.75) is 38.6 Å². The van der Waals surface area contributed by atoms with E-state index in [2.05, 4.69) is 16.2 Å². The van der Waals surface area contributed by atoms with E-state index in [9.17, 15) is 4.79 Å². The van der Waals surface area contributed by atoms with Crippen LogP contribution in [-0.2, 0) is 19.4 Å². The molecule has 0 aromatic carbocycles. The highest BCUT2D eigenvalue weighted by Gasteiger charge is 2.20. The Morgan fingerprint density at radius 1 is 1.19 bits per heavy atom. The van der Waals surface area contributed by atoms with Crippen LogP contribution in [0.4, 0.5) is 0 Å². The fraction of sp³-hybridized carbons (Fsp3) is 0.350. The summed E-state index contributed by atoms with van der Waals surface area (Å²) in [6, 6.07) is 7.74. The molecular weight excluding hydrogens is 346 g/mol. The van der Waals surface area contributed by atoms with E-state index >= 15 is 0 Å². The predicted octanol–water partition coefficient (Wildman–Crippen LogP) is 4.34. The molecule has 0 fully saturated rings. The maximum atomic E-state index is 12.8. The highest BCUT2D eigenvalue weighted by Crippen LogP contribution is 2.30. The number of hydrogen-bond acceptors (Lipinski definition) is 5. The molecule has 134 valence electrons. The van der Waals surface area contributed by atoms with Crippen LogP contribution in [0.2, 0.25) is 0 Å². The van der Waals surface area contributed by atoms with E-state index in [-0.39, 0.29) is 5.91 Å². The SMILES string of the molecule is CN(Cc1cc(-c2ccncc2)no1)C(=O)c1cc2c(s1)CCCCC2. The van der Waals surface area contributed by atoms with Crippen LogP contribution in [0.3, 0.4) is 0 Å². The van der Waals surface area contributed by atoms with Gasteiger partial charge in [-0.15, -0.1) is 11.3 Å². The lowest BCUT2D eigenvalue weighted by atomic mass is 10.1.